The third-order valence-electron chi connectivity index (χ3n) is 5.18. The predicted molar refractivity (Wildman–Crippen MR) is 89.4 cm³/mol. The highest BCUT2D eigenvalue weighted by atomic mass is 16.5. The zero-order chi connectivity index (χ0) is 17.3. The molecule has 1 aromatic heterocycles. The van der Waals surface area contributed by atoms with Gasteiger partial charge in [0, 0.05) is 44.2 Å². The minimum Gasteiger partial charge on any atom is -0.369 e. The minimum atomic E-state index is -0.320. The van der Waals surface area contributed by atoms with Crippen LogP contribution < -0.4 is 0 Å². The van der Waals surface area contributed by atoms with Crippen LogP contribution in [-0.2, 0) is 9.53 Å². The van der Waals surface area contributed by atoms with Gasteiger partial charge in [-0.15, -0.1) is 0 Å². The summed E-state index contributed by atoms with van der Waals surface area (Å²) in [6.45, 7) is 5.52. The Labute approximate surface area is 142 Å². The van der Waals surface area contributed by atoms with Gasteiger partial charge in [-0.05, 0) is 44.7 Å². The van der Waals surface area contributed by atoms with E-state index in [0.29, 0.717) is 11.5 Å². The molecule has 0 spiro atoms. The zero-order valence-corrected chi connectivity index (χ0v) is 14.5. The summed E-state index contributed by atoms with van der Waals surface area (Å²) >= 11 is 0. The van der Waals surface area contributed by atoms with Crippen molar-refractivity contribution in [1.29, 1.82) is 0 Å². The Balaban J connectivity index is 1.62. The van der Waals surface area contributed by atoms with E-state index in [1.54, 1.807) is 31.6 Å². The van der Waals surface area contributed by atoms with Crippen molar-refractivity contribution < 1.29 is 14.3 Å². The maximum Gasteiger partial charge on any atom is 0.254 e. The number of hydrogen-bond acceptors (Lipinski definition) is 4. The molecule has 24 heavy (non-hydrogen) atoms. The maximum atomic E-state index is 12.5. The topological polar surface area (TPSA) is 62.7 Å². The van der Waals surface area contributed by atoms with E-state index in [1.165, 1.54) is 0 Å². The van der Waals surface area contributed by atoms with Crippen molar-refractivity contribution >= 4 is 11.8 Å². The number of ether oxygens (including phenoxy) is 1. The molecule has 2 saturated heterocycles. The van der Waals surface area contributed by atoms with Gasteiger partial charge in [0.15, 0.2) is 6.10 Å². The molecule has 0 unspecified atom stereocenters. The molecule has 0 aliphatic carbocycles. The van der Waals surface area contributed by atoms with Gasteiger partial charge in [0.1, 0.15) is 0 Å². The molecule has 6 nitrogen and oxygen atoms in total. The van der Waals surface area contributed by atoms with Crippen molar-refractivity contribution in [3.63, 3.8) is 0 Å². The minimum absolute atomic E-state index is 0.0598. The van der Waals surface area contributed by atoms with Crippen molar-refractivity contribution in [2.45, 2.75) is 44.9 Å². The lowest BCUT2D eigenvalue weighted by Crippen LogP contribution is -2.70. The van der Waals surface area contributed by atoms with Gasteiger partial charge < -0.3 is 14.5 Å². The number of amides is 2. The lowest BCUT2D eigenvalue weighted by molar-refractivity contribution is -0.181. The molecule has 1 aromatic rings. The van der Waals surface area contributed by atoms with Gasteiger partial charge in [-0.25, -0.2) is 0 Å². The summed E-state index contributed by atoms with van der Waals surface area (Å²) in [5, 5.41) is 0. The van der Waals surface area contributed by atoms with Gasteiger partial charge in [0.25, 0.3) is 11.8 Å². The first kappa shape index (κ1) is 16.9. The number of aromatic nitrogens is 1. The molecular weight excluding hydrogens is 306 g/mol. The Morgan fingerprint density at radius 3 is 2.42 bits per heavy atom. The molecule has 3 rings (SSSR count). The van der Waals surface area contributed by atoms with Gasteiger partial charge in [-0.1, -0.05) is 0 Å². The molecule has 3 heterocycles. The number of rotatable bonds is 4. The van der Waals surface area contributed by atoms with Crippen LogP contribution in [0.25, 0.3) is 0 Å². The maximum absolute atomic E-state index is 12.5. The fraction of sp³-hybridized carbons (Fsp3) is 0.611. The number of methoxy groups -OCH3 is 1. The lowest BCUT2D eigenvalue weighted by atomic mass is 9.79. The van der Waals surface area contributed by atoms with Gasteiger partial charge in [-0.3, -0.25) is 14.6 Å². The summed E-state index contributed by atoms with van der Waals surface area (Å²) in [6.07, 6.45) is 4.77. The molecule has 6 heteroatoms. The average Bonchev–Trinajstić information content (AvgIpc) is 2.60. The van der Waals surface area contributed by atoms with Gasteiger partial charge >= 0.3 is 0 Å². The third kappa shape index (κ3) is 2.90. The predicted octanol–water partition coefficient (Wildman–Crippen LogP) is 1.57. The molecule has 2 atom stereocenters. The molecule has 0 saturated carbocycles. The fourth-order valence-corrected chi connectivity index (χ4v) is 3.94. The first-order valence-electron chi connectivity index (χ1n) is 8.59. The van der Waals surface area contributed by atoms with Crippen LogP contribution in [0.2, 0.25) is 0 Å². The highest BCUT2D eigenvalue weighted by molar-refractivity contribution is 5.94. The second-order valence-electron chi connectivity index (χ2n) is 6.85. The van der Waals surface area contributed by atoms with Crippen molar-refractivity contribution in [3.8, 4) is 0 Å². The molecule has 130 valence electrons. The van der Waals surface area contributed by atoms with E-state index < -0.39 is 0 Å². The zero-order valence-electron chi connectivity index (χ0n) is 14.5. The number of likely N-dealkylation sites (tertiary alicyclic amines) is 2. The van der Waals surface area contributed by atoms with E-state index in [4.69, 9.17) is 4.74 Å². The first-order chi connectivity index (χ1) is 11.5. The van der Waals surface area contributed by atoms with E-state index in [9.17, 15) is 9.59 Å². The summed E-state index contributed by atoms with van der Waals surface area (Å²) < 4.78 is 5.41. The molecule has 2 fully saturated rings. The second-order valence-corrected chi connectivity index (χ2v) is 6.85. The molecule has 0 aromatic carbocycles. The summed E-state index contributed by atoms with van der Waals surface area (Å²) in [7, 11) is 1.61. The molecule has 2 amide bonds. The van der Waals surface area contributed by atoms with Crippen LogP contribution in [0.1, 0.15) is 37.0 Å². The summed E-state index contributed by atoms with van der Waals surface area (Å²) in [6, 6.07) is 3.83. The summed E-state index contributed by atoms with van der Waals surface area (Å²) in [5.74, 6) is 0.536. The van der Waals surface area contributed by atoms with Crippen LogP contribution in [0.3, 0.4) is 0 Å². The first-order valence-corrected chi connectivity index (χ1v) is 8.59. The fourth-order valence-electron chi connectivity index (χ4n) is 3.94. The highest BCUT2D eigenvalue weighted by Crippen LogP contribution is 2.36. The monoisotopic (exact) mass is 331 g/mol. The Kier molecular flexibility index (Phi) is 4.85. The van der Waals surface area contributed by atoms with Crippen LogP contribution in [0, 0.1) is 5.92 Å². The van der Waals surface area contributed by atoms with Gasteiger partial charge in [-0.2, -0.15) is 0 Å². The number of carbonyl (C=O) groups is 2. The number of piperidine rings is 1. The van der Waals surface area contributed by atoms with E-state index in [2.05, 4.69) is 4.98 Å². The number of hydrogen-bond donors (Lipinski definition) is 0. The van der Waals surface area contributed by atoms with Crippen LogP contribution in [0.4, 0.5) is 0 Å². The smallest absolute Gasteiger partial charge is 0.254 e. The van der Waals surface area contributed by atoms with Gasteiger partial charge in [0.2, 0.25) is 0 Å². The van der Waals surface area contributed by atoms with Crippen LogP contribution in [-0.4, -0.2) is 65.0 Å². The van der Waals surface area contributed by atoms with Crippen LogP contribution in [0.5, 0.6) is 0 Å². The number of pyridine rings is 1. The lowest BCUT2D eigenvalue weighted by Gasteiger charge is -2.53. The van der Waals surface area contributed by atoms with E-state index in [-0.39, 0.29) is 30.0 Å². The van der Waals surface area contributed by atoms with E-state index >= 15 is 0 Å². The highest BCUT2D eigenvalue weighted by Gasteiger charge is 2.52. The molecule has 0 N–H and O–H groups in total. The number of carbonyl (C=O) groups excluding carboxylic acids is 2. The Morgan fingerprint density at radius 1 is 1.25 bits per heavy atom. The SMILES string of the molecule is CO[C@H]1C(=O)N(C(C)C)[C@H]1C1CCN(C(=O)c2ccncc2)CC1. The largest absolute Gasteiger partial charge is 0.369 e. The van der Waals surface area contributed by atoms with Gasteiger partial charge in [0.05, 0.1) is 6.04 Å². The van der Waals surface area contributed by atoms with Crippen LogP contribution in [0.15, 0.2) is 24.5 Å². The summed E-state index contributed by atoms with van der Waals surface area (Å²) in [5.41, 5.74) is 0.681. The normalized spacial score (nSPS) is 25.1. The Morgan fingerprint density at radius 2 is 1.88 bits per heavy atom. The average molecular weight is 331 g/mol. The standard InChI is InChI=1S/C18H25N3O3/c1-12(2)21-15(16(24-3)18(21)23)13-6-10-20(11-7-13)17(22)14-4-8-19-9-5-14/h4-5,8-9,12-13,15-16H,6-7,10-11H2,1-3H3/t15-,16+/m0/s1. The quantitative estimate of drug-likeness (QED) is 0.786. The number of β-lactam (4-membered cyclic amide) rings is 1. The van der Waals surface area contributed by atoms with E-state index in [0.717, 1.165) is 25.9 Å². The molecule has 0 radical (unpaired) electrons. The van der Waals surface area contributed by atoms with Crippen molar-refractivity contribution in [3.05, 3.63) is 30.1 Å². The molecule has 0 bridgehead atoms. The molecule has 2 aliphatic heterocycles. The third-order valence-corrected chi connectivity index (χ3v) is 5.18. The summed E-state index contributed by atoms with van der Waals surface area (Å²) in [4.78, 5) is 32.5. The van der Waals surface area contributed by atoms with Crippen molar-refractivity contribution in [2.24, 2.45) is 5.92 Å². The number of nitrogens with zero attached hydrogens (tertiary/aromatic N) is 3. The Hall–Kier alpha value is -1.95. The van der Waals surface area contributed by atoms with E-state index in [1.807, 2.05) is 23.6 Å². The Bertz CT molecular complexity index is 597. The molecule has 2 aliphatic rings. The van der Waals surface area contributed by atoms with Crippen LogP contribution >= 0.6 is 0 Å². The molecular formula is C18H25N3O3. The second kappa shape index (κ2) is 6.89. The van der Waals surface area contributed by atoms with Crippen molar-refractivity contribution in [2.75, 3.05) is 20.2 Å². The van der Waals surface area contributed by atoms with Crippen molar-refractivity contribution in [1.82, 2.24) is 14.8 Å².